The molecule has 4 rings (SSSR count). The maximum absolute atomic E-state index is 12.4. The lowest BCUT2D eigenvalue weighted by molar-refractivity contribution is -0.118. The van der Waals surface area contributed by atoms with Crippen molar-refractivity contribution in [3.63, 3.8) is 0 Å². The number of nitrogens with one attached hydrogen (secondary N) is 2. The fraction of sp³-hybridized carbons (Fsp3) is 0.167. The van der Waals surface area contributed by atoms with Crippen LogP contribution in [0.1, 0.15) is 5.56 Å². The molecule has 0 bridgehead atoms. The summed E-state index contributed by atoms with van der Waals surface area (Å²) in [4.78, 5) is 20.3. The number of aromatic amines is 1. The molecule has 1 amide bonds. The van der Waals surface area contributed by atoms with Gasteiger partial charge in [-0.25, -0.2) is 4.98 Å². The van der Waals surface area contributed by atoms with Crippen LogP contribution in [0.25, 0.3) is 22.4 Å². The number of hydrogen-bond acceptors (Lipinski definition) is 5. The fourth-order valence-electron chi connectivity index (χ4n) is 3.23. The maximum Gasteiger partial charge on any atom is 0.262 e. The summed E-state index contributed by atoms with van der Waals surface area (Å²) in [6, 6.07) is 18.7. The van der Waals surface area contributed by atoms with Crippen LogP contribution in [0, 0.1) is 6.92 Å². The molecule has 0 aliphatic rings. The van der Waals surface area contributed by atoms with E-state index in [0.717, 1.165) is 22.2 Å². The summed E-state index contributed by atoms with van der Waals surface area (Å²) in [7, 11) is 3.19. The molecule has 0 radical (unpaired) electrons. The zero-order valence-corrected chi connectivity index (χ0v) is 17.6. The third kappa shape index (κ3) is 4.45. The molecule has 0 fully saturated rings. The van der Waals surface area contributed by atoms with Crippen LogP contribution in [0.3, 0.4) is 0 Å². The number of amides is 1. The SMILES string of the molecule is COc1cc2nc(-c3ccc(C)c(NC(=O)COc4ccccc4)c3)[nH]c2cc1OC. The summed E-state index contributed by atoms with van der Waals surface area (Å²) in [6.07, 6.45) is 0. The van der Waals surface area contributed by atoms with E-state index in [2.05, 4.69) is 15.3 Å². The van der Waals surface area contributed by atoms with Gasteiger partial charge in [0.15, 0.2) is 18.1 Å². The number of nitrogens with zero attached hydrogens (tertiary/aromatic N) is 1. The summed E-state index contributed by atoms with van der Waals surface area (Å²) in [5.74, 6) is 2.34. The standard InChI is InChI=1S/C24H23N3O4/c1-15-9-10-16(11-18(15)25-23(28)14-31-17-7-5-4-6-8-17)24-26-19-12-21(29-2)22(30-3)13-20(19)27-24/h4-13H,14H2,1-3H3,(H,25,28)(H,26,27). The molecule has 7 nitrogen and oxygen atoms in total. The Balaban J connectivity index is 1.55. The number of methoxy groups -OCH3 is 2. The van der Waals surface area contributed by atoms with Crippen molar-refractivity contribution in [1.29, 1.82) is 0 Å². The molecule has 31 heavy (non-hydrogen) atoms. The molecule has 3 aromatic carbocycles. The highest BCUT2D eigenvalue weighted by Gasteiger charge is 2.13. The Morgan fingerprint density at radius 1 is 1.00 bits per heavy atom. The molecule has 0 saturated carbocycles. The number of para-hydroxylation sites is 1. The van der Waals surface area contributed by atoms with Gasteiger partial charge in [-0.1, -0.05) is 30.3 Å². The Morgan fingerprint density at radius 2 is 1.74 bits per heavy atom. The lowest BCUT2D eigenvalue weighted by Gasteiger charge is -2.11. The van der Waals surface area contributed by atoms with Gasteiger partial charge >= 0.3 is 0 Å². The lowest BCUT2D eigenvalue weighted by Crippen LogP contribution is -2.20. The summed E-state index contributed by atoms with van der Waals surface area (Å²) in [5.41, 5.74) is 4.08. The first kappa shape index (κ1) is 20.3. The van der Waals surface area contributed by atoms with Crippen molar-refractivity contribution in [2.75, 3.05) is 26.1 Å². The van der Waals surface area contributed by atoms with Gasteiger partial charge in [0, 0.05) is 23.4 Å². The lowest BCUT2D eigenvalue weighted by atomic mass is 10.1. The van der Waals surface area contributed by atoms with Crippen LogP contribution in [-0.4, -0.2) is 36.7 Å². The van der Waals surface area contributed by atoms with Gasteiger partial charge in [-0.15, -0.1) is 0 Å². The summed E-state index contributed by atoms with van der Waals surface area (Å²) >= 11 is 0. The van der Waals surface area contributed by atoms with Crippen LogP contribution in [0.5, 0.6) is 17.2 Å². The van der Waals surface area contributed by atoms with Crippen LogP contribution < -0.4 is 19.5 Å². The van der Waals surface area contributed by atoms with Crippen molar-refractivity contribution < 1.29 is 19.0 Å². The minimum Gasteiger partial charge on any atom is -0.493 e. The first-order valence-corrected chi connectivity index (χ1v) is 9.78. The number of aromatic nitrogens is 2. The van der Waals surface area contributed by atoms with Crippen molar-refractivity contribution in [2.45, 2.75) is 6.92 Å². The highest BCUT2D eigenvalue weighted by Crippen LogP contribution is 2.33. The van der Waals surface area contributed by atoms with E-state index in [4.69, 9.17) is 14.2 Å². The molecule has 1 aromatic heterocycles. The molecule has 1 heterocycles. The Hall–Kier alpha value is -4.00. The van der Waals surface area contributed by atoms with E-state index in [1.165, 1.54) is 0 Å². The first-order chi connectivity index (χ1) is 15.1. The van der Waals surface area contributed by atoms with Gasteiger partial charge in [-0.05, 0) is 30.7 Å². The Morgan fingerprint density at radius 3 is 2.48 bits per heavy atom. The summed E-state index contributed by atoms with van der Waals surface area (Å²) in [5, 5.41) is 2.92. The Kier molecular flexibility index (Phi) is 5.75. The van der Waals surface area contributed by atoms with Crippen LogP contribution in [0.15, 0.2) is 60.7 Å². The second-order valence-corrected chi connectivity index (χ2v) is 6.99. The number of carbonyl (C=O) groups is 1. The first-order valence-electron chi connectivity index (χ1n) is 9.78. The summed E-state index contributed by atoms with van der Waals surface area (Å²) in [6.45, 7) is 1.86. The molecular formula is C24H23N3O4. The number of anilines is 1. The van der Waals surface area contributed by atoms with Crippen LogP contribution in [0.4, 0.5) is 5.69 Å². The van der Waals surface area contributed by atoms with E-state index in [-0.39, 0.29) is 12.5 Å². The Labute approximate surface area is 180 Å². The molecule has 0 saturated heterocycles. The van der Waals surface area contributed by atoms with Crippen molar-refractivity contribution in [3.05, 3.63) is 66.2 Å². The van der Waals surface area contributed by atoms with Gasteiger partial charge in [-0.2, -0.15) is 0 Å². The van der Waals surface area contributed by atoms with Crippen LogP contribution in [-0.2, 0) is 4.79 Å². The van der Waals surface area contributed by atoms with E-state index >= 15 is 0 Å². The highest BCUT2D eigenvalue weighted by atomic mass is 16.5. The second kappa shape index (κ2) is 8.79. The highest BCUT2D eigenvalue weighted by molar-refractivity contribution is 5.93. The molecular weight excluding hydrogens is 394 g/mol. The van der Waals surface area contributed by atoms with Crippen LogP contribution >= 0.6 is 0 Å². The summed E-state index contributed by atoms with van der Waals surface area (Å²) < 4.78 is 16.2. The smallest absolute Gasteiger partial charge is 0.262 e. The normalized spacial score (nSPS) is 10.7. The van der Waals surface area contributed by atoms with Gasteiger partial charge in [0.2, 0.25) is 0 Å². The monoisotopic (exact) mass is 417 g/mol. The largest absolute Gasteiger partial charge is 0.493 e. The average Bonchev–Trinajstić information content (AvgIpc) is 3.21. The zero-order valence-electron chi connectivity index (χ0n) is 17.6. The predicted molar refractivity (Wildman–Crippen MR) is 120 cm³/mol. The number of H-pyrrole nitrogens is 1. The van der Waals surface area contributed by atoms with Gasteiger partial charge < -0.3 is 24.5 Å². The molecule has 0 unspecified atom stereocenters. The third-order valence-corrected chi connectivity index (χ3v) is 4.89. The zero-order chi connectivity index (χ0) is 21.8. The number of fused-ring (bicyclic) bond motifs is 1. The number of carbonyl (C=O) groups excluding carboxylic acids is 1. The van der Waals surface area contributed by atoms with Crippen LogP contribution in [0.2, 0.25) is 0 Å². The second-order valence-electron chi connectivity index (χ2n) is 6.99. The van der Waals surface area contributed by atoms with E-state index in [1.807, 2.05) is 67.6 Å². The third-order valence-electron chi connectivity index (χ3n) is 4.89. The Bertz CT molecular complexity index is 1180. The number of imidazole rings is 1. The van der Waals surface area contributed by atoms with Gasteiger partial charge in [0.25, 0.3) is 5.91 Å². The number of aryl methyl sites for hydroxylation is 1. The molecule has 2 N–H and O–H groups in total. The van der Waals surface area contributed by atoms with Gasteiger partial charge in [0.05, 0.1) is 25.3 Å². The maximum atomic E-state index is 12.4. The van der Waals surface area contributed by atoms with Crippen molar-refractivity contribution >= 4 is 22.6 Å². The molecule has 7 heteroatoms. The number of hydrogen-bond donors (Lipinski definition) is 2. The van der Waals surface area contributed by atoms with Gasteiger partial charge in [0.1, 0.15) is 11.6 Å². The molecule has 158 valence electrons. The fourth-order valence-corrected chi connectivity index (χ4v) is 3.23. The number of benzene rings is 3. The molecule has 4 aromatic rings. The number of ether oxygens (including phenoxy) is 3. The predicted octanol–water partition coefficient (Wildman–Crippen LogP) is 4.57. The number of rotatable bonds is 7. The molecule has 0 aliphatic heterocycles. The van der Waals surface area contributed by atoms with Crippen molar-refractivity contribution in [1.82, 2.24) is 9.97 Å². The quantitative estimate of drug-likeness (QED) is 0.460. The minimum atomic E-state index is -0.233. The van der Waals surface area contributed by atoms with E-state index in [9.17, 15) is 4.79 Å². The average molecular weight is 417 g/mol. The van der Waals surface area contributed by atoms with Gasteiger partial charge in [-0.3, -0.25) is 4.79 Å². The molecule has 0 aliphatic carbocycles. The minimum absolute atomic E-state index is 0.0715. The van der Waals surface area contributed by atoms with Crippen molar-refractivity contribution in [2.24, 2.45) is 0 Å². The van der Waals surface area contributed by atoms with E-state index < -0.39 is 0 Å². The topological polar surface area (TPSA) is 85.5 Å². The van der Waals surface area contributed by atoms with E-state index in [1.54, 1.807) is 14.2 Å². The van der Waals surface area contributed by atoms with Crippen molar-refractivity contribution in [3.8, 4) is 28.6 Å². The molecule has 0 atom stereocenters. The van der Waals surface area contributed by atoms with E-state index in [0.29, 0.717) is 28.8 Å². The molecule has 0 spiro atoms.